The first kappa shape index (κ1) is 9.23. The maximum absolute atomic E-state index is 5.63. The first-order chi connectivity index (χ1) is 5.69. The zero-order chi connectivity index (χ0) is 9.14. The summed E-state index contributed by atoms with van der Waals surface area (Å²) in [6, 6.07) is 0. The maximum atomic E-state index is 5.63. The molecule has 2 nitrogen and oxygen atoms in total. The minimum absolute atomic E-state index is 0.178. The highest BCUT2D eigenvalue weighted by molar-refractivity contribution is 6.40. The molecule has 0 unspecified atom stereocenters. The van der Waals surface area contributed by atoms with Crippen LogP contribution in [-0.4, -0.2) is 9.97 Å². The third kappa shape index (κ3) is 1.65. The van der Waals surface area contributed by atoms with Gasteiger partial charge in [0.2, 0.25) is 0 Å². The molecule has 0 fully saturated rings. The van der Waals surface area contributed by atoms with Gasteiger partial charge >= 0.3 is 0 Å². The lowest BCUT2D eigenvalue weighted by molar-refractivity contribution is 1.16. The zero-order valence-corrected chi connectivity index (χ0v) is 7.73. The van der Waals surface area contributed by atoms with Gasteiger partial charge in [0.15, 0.2) is 10.3 Å². The number of halogens is 2. The number of rotatable bonds is 2. The Bertz CT molecular complexity index is 301. The molecule has 1 rings (SSSR count). The second kappa shape index (κ2) is 3.70. The number of nitrogens with zero attached hydrogens (tertiary/aromatic N) is 2. The fraction of sp³-hybridized carbons (Fsp3) is 0. The van der Waals surface area contributed by atoms with E-state index in [4.69, 9.17) is 23.2 Å². The zero-order valence-electron chi connectivity index (χ0n) is 6.22. The molecule has 1 aromatic heterocycles. The summed E-state index contributed by atoms with van der Waals surface area (Å²) in [5, 5.41) is 0.356. The molecular weight excluding hydrogens is 195 g/mol. The third-order valence-corrected chi connectivity index (χ3v) is 1.88. The second-order valence-corrected chi connectivity index (χ2v) is 2.70. The predicted octanol–water partition coefficient (Wildman–Crippen LogP) is 3.07. The largest absolute Gasteiger partial charge is 0.231 e. The second-order valence-electron chi connectivity index (χ2n) is 1.98. The molecule has 0 saturated heterocycles. The minimum atomic E-state index is 0.178. The molecular formula is C8H6Cl2N2. The Morgan fingerprint density at radius 3 is 1.50 bits per heavy atom. The summed E-state index contributed by atoms with van der Waals surface area (Å²) in [6.45, 7) is 7.12. The molecule has 0 aromatic carbocycles. The summed E-state index contributed by atoms with van der Waals surface area (Å²) in [5.41, 5.74) is 1.17. The molecule has 0 aliphatic heterocycles. The molecule has 0 bridgehead atoms. The van der Waals surface area contributed by atoms with Crippen molar-refractivity contribution in [3.63, 3.8) is 0 Å². The van der Waals surface area contributed by atoms with Crippen molar-refractivity contribution in [2.75, 3.05) is 0 Å². The lowest BCUT2D eigenvalue weighted by atomic mass is 10.3. The summed E-state index contributed by atoms with van der Waals surface area (Å²) in [7, 11) is 0. The molecule has 0 spiro atoms. The molecule has 0 aliphatic carbocycles. The van der Waals surface area contributed by atoms with Gasteiger partial charge in [-0.1, -0.05) is 36.4 Å². The molecule has 12 heavy (non-hydrogen) atoms. The predicted molar refractivity (Wildman–Crippen MR) is 52.2 cm³/mol. The maximum Gasteiger partial charge on any atom is 0.167 e. The molecule has 0 saturated carbocycles. The standard InChI is InChI=1S/C8H6Cl2N2/c1-3-5-6(4-2)12-8(10)7(9)11-5/h3-4H,1-2H2. The molecule has 0 atom stereocenters. The first-order valence-corrected chi connectivity index (χ1v) is 3.92. The van der Waals surface area contributed by atoms with E-state index >= 15 is 0 Å². The van der Waals surface area contributed by atoms with Crippen LogP contribution in [-0.2, 0) is 0 Å². The quantitative estimate of drug-likeness (QED) is 0.734. The van der Waals surface area contributed by atoms with Gasteiger partial charge in [-0.05, 0) is 12.2 Å². The monoisotopic (exact) mass is 200 g/mol. The van der Waals surface area contributed by atoms with Crippen LogP contribution in [0.5, 0.6) is 0 Å². The Labute approximate surface area is 80.6 Å². The van der Waals surface area contributed by atoms with Gasteiger partial charge in [-0.15, -0.1) is 0 Å². The third-order valence-electron chi connectivity index (χ3n) is 1.26. The fourth-order valence-electron chi connectivity index (χ4n) is 0.719. The van der Waals surface area contributed by atoms with Crippen LogP contribution in [0.2, 0.25) is 10.3 Å². The molecule has 0 N–H and O–H groups in total. The van der Waals surface area contributed by atoms with Crippen LogP contribution in [0.1, 0.15) is 11.4 Å². The molecule has 1 heterocycles. The van der Waals surface area contributed by atoms with Crippen LogP contribution in [0.25, 0.3) is 12.2 Å². The van der Waals surface area contributed by atoms with E-state index in [-0.39, 0.29) is 10.3 Å². The van der Waals surface area contributed by atoms with Gasteiger partial charge in [-0.25, -0.2) is 9.97 Å². The highest BCUT2D eigenvalue weighted by Gasteiger charge is 2.05. The van der Waals surface area contributed by atoms with Crippen molar-refractivity contribution in [3.8, 4) is 0 Å². The van der Waals surface area contributed by atoms with Crippen LogP contribution in [0.3, 0.4) is 0 Å². The van der Waals surface area contributed by atoms with Crippen LogP contribution in [0, 0.1) is 0 Å². The average molecular weight is 201 g/mol. The normalized spacial score (nSPS) is 9.50. The number of aromatic nitrogens is 2. The van der Waals surface area contributed by atoms with E-state index in [2.05, 4.69) is 23.1 Å². The lowest BCUT2D eigenvalue weighted by Crippen LogP contribution is -1.92. The Balaban J connectivity index is 3.37. The van der Waals surface area contributed by atoms with Crippen molar-refractivity contribution >= 4 is 35.4 Å². The topological polar surface area (TPSA) is 25.8 Å². The molecule has 62 valence electrons. The SMILES string of the molecule is C=Cc1nc(Cl)c(Cl)nc1C=C. The van der Waals surface area contributed by atoms with Crippen molar-refractivity contribution in [2.45, 2.75) is 0 Å². The van der Waals surface area contributed by atoms with Gasteiger partial charge in [0.1, 0.15) is 0 Å². The Kier molecular flexibility index (Phi) is 2.84. The van der Waals surface area contributed by atoms with Crippen LogP contribution in [0.15, 0.2) is 13.2 Å². The highest BCUT2D eigenvalue weighted by atomic mass is 35.5. The summed E-state index contributed by atoms with van der Waals surface area (Å²) in [4.78, 5) is 7.89. The van der Waals surface area contributed by atoms with E-state index < -0.39 is 0 Å². The van der Waals surface area contributed by atoms with E-state index in [1.807, 2.05) is 0 Å². The Morgan fingerprint density at radius 2 is 1.25 bits per heavy atom. The summed E-state index contributed by atoms with van der Waals surface area (Å²) < 4.78 is 0. The van der Waals surface area contributed by atoms with E-state index in [1.165, 1.54) is 0 Å². The van der Waals surface area contributed by atoms with Crippen molar-refractivity contribution in [2.24, 2.45) is 0 Å². The smallest absolute Gasteiger partial charge is 0.167 e. The number of hydrogen-bond donors (Lipinski definition) is 0. The molecule has 1 aromatic rings. The van der Waals surface area contributed by atoms with Gasteiger partial charge in [0, 0.05) is 0 Å². The highest BCUT2D eigenvalue weighted by Crippen LogP contribution is 2.19. The number of hydrogen-bond acceptors (Lipinski definition) is 2. The average Bonchev–Trinajstić information content (AvgIpc) is 2.09. The summed E-state index contributed by atoms with van der Waals surface area (Å²) in [6.07, 6.45) is 3.10. The van der Waals surface area contributed by atoms with Crippen molar-refractivity contribution in [1.82, 2.24) is 9.97 Å². The molecule has 0 amide bonds. The molecule has 0 radical (unpaired) electrons. The van der Waals surface area contributed by atoms with Gasteiger partial charge in [0.25, 0.3) is 0 Å². The van der Waals surface area contributed by atoms with Crippen LogP contribution in [0.4, 0.5) is 0 Å². The van der Waals surface area contributed by atoms with Crippen LogP contribution < -0.4 is 0 Å². The molecule has 0 aliphatic rings. The fourth-order valence-corrected chi connectivity index (χ4v) is 0.985. The Morgan fingerprint density at radius 1 is 0.917 bits per heavy atom. The summed E-state index contributed by atoms with van der Waals surface area (Å²) in [5.74, 6) is 0. The van der Waals surface area contributed by atoms with E-state index in [0.29, 0.717) is 11.4 Å². The van der Waals surface area contributed by atoms with Gasteiger partial charge < -0.3 is 0 Å². The van der Waals surface area contributed by atoms with E-state index in [9.17, 15) is 0 Å². The Hall–Kier alpha value is -0.860. The van der Waals surface area contributed by atoms with E-state index in [1.54, 1.807) is 12.2 Å². The van der Waals surface area contributed by atoms with Gasteiger partial charge in [-0.2, -0.15) is 0 Å². The van der Waals surface area contributed by atoms with Gasteiger partial charge in [-0.3, -0.25) is 0 Å². The van der Waals surface area contributed by atoms with Crippen molar-refractivity contribution in [1.29, 1.82) is 0 Å². The molecule has 4 heteroatoms. The van der Waals surface area contributed by atoms with Crippen molar-refractivity contribution < 1.29 is 0 Å². The lowest BCUT2D eigenvalue weighted by Gasteiger charge is -2.00. The van der Waals surface area contributed by atoms with Crippen LogP contribution >= 0.6 is 23.2 Å². The first-order valence-electron chi connectivity index (χ1n) is 3.17. The van der Waals surface area contributed by atoms with E-state index in [0.717, 1.165) is 0 Å². The van der Waals surface area contributed by atoms with Crippen molar-refractivity contribution in [3.05, 3.63) is 34.9 Å². The summed E-state index contributed by atoms with van der Waals surface area (Å²) >= 11 is 11.3. The minimum Gasteiger partial charge on any atom is -0.231 e. The van der Waals surface area contributed by atoms with Gasteiger partial charge in [0.05, 0.1) is 11.4 Å².